The molecule has 0 amide bonds. The molecule has 0 atom stereocenters. The van der Waals surface area contributed by atoms with Crippen LogP contribution in [0.4, 0.5) is 4.39 Å². The number of benzene rings is 1. The Morgan fingerprint density at radius 2 is 2.12 bits per heavy atom. The molecule has 2 nitrogen and oxygen atoms in total. The fraction of sp³-hybridized carbons (Fsp3) is 0.538. The van der Waals surface area contributed by atoms with Gasteiger partial charge in [0.1, 0.15) is 5.82 Å². The molecule has 1 saturated heterocycles. The molecule has 0 radical (unpaired) electrons. The van der Waals surface area contributed by atoms with Crippen molar-refractivity contribution in [1.82, 2.24) is 4.90 Å². The van der Waals surface area contributed by atoms with Crippen molar-refractivity contribution in [1.29, 1.82) is 0 Å². The Kier molecular flexibility index (Phi) is 3.85. The summed E-state index contributed by atoms with van der Waals surface area (Å²) in [4.78, 5) is 2.14. The number of hydrogen-bond acceptors (Lipinski definition) is 2. The number of β-amino-alcohol motifs (C(OH)–C–C–N with tert-alkyl or cyclic N) is 1. The van der Waals surface area contributed by atoms with Gasteiger partial charge in [-0.3, -0.25) is 4.90 Å². The van der Waals surface area contributed by atoms with E-state index in [0.717, 1.165) is 22.9 Å². The predicted molar refractivity (Wildman–Crippen MR) is 69.2 cm³/mol. The van der Waals surface area contributed by atoms with Crippen molar-refractivity contribution in [3.05, 3.63) is 34.1 Å². The summed E-state index contributed by atoms with van der Waals surface area (Å²) in [5.41, 5.74) is 0.426. The standard InChI is InChI=1S/C13H17BrFNO/c1-2-3-13(17)8-16(9-13)7-10-4-11(14)6-12(15)5-10/h4-6,17H,2-3,7-9H2,1H3. The highest BCUT2D eigenvalue weighted by Gasteiger charge is 2.39. The third-order valence-electron chi connectivity index (χ3n) is 3.08. The maximum Gasteiger partial charge on any atom is 0.124 e. The van der Waals surface area contributed by atoms with Crippen molar-refractivity contribution in [2.75, 3.05) is 13.1 Å². The molecular weight excluding hydrogens is 285 g/mol. The second-order valence-corrected chi connectivity index (χ2v) is 5.81. The van der Waals surface area contributed by atoms with Crippen molar-refractivity contribution in [3.63, 3.8) is 0 Å². The second kappa shape index (κ2) is 5.04. The summed E-state index contributed by atoms with van der Waals surface area (Å²) in [7, 11) is 0. The van der Waals surface area contributed by atoms with Crippen molar-refractivity contribution in [2.24, 2.45) is 0 Å². The Morgan fingerprint density at radius 1 is 1.41 bits per heavy atom. The lowest BCUT2D eigenvalue weighted by atomic mass is 9.89. The van der Waals surface area contributed by atoms with Crippen LogP contribution < -0.4 is 0 Å². The summed E-state index contributed by atoms with van der Waals surface area (Å²) in [6.45, 7) is 4.15. The highest BCUT2D eigenvalue weighted by Crippen LogP contribution is 2.27. The van der Waals surface area contributed by atoms with E-state index in [4.69, 9.17) is 0 Å². The van der Waals surface area contributed by atoms with Crippen LogP contribution in [0.1, 0.15) is 25.3 Å². The van der Waals surface area contributed by atoms with Gasteiger partial charge < -0.3 is 5.11 Å². The summed E-state index contributed by atoms with van der Waals surface area (Å²) < 4.78 is 13.9. The lowest BCUT2D eigenvalue weighted by Gasteiger charge is -2.46. The van der Waals surface area contributed by atoms with Gasteiger partial charge >= 0.3 is 0 Å². The van der Waals surface area contributed by atoms with Crippen LogP contribution in [0.15, 0.2) is 22.7 Å². The molecule has 1 aliphatic heterocycles. The summed E-state index contributed by atoms with van der Waals surface area (Å²) in [5.74, 6) is -0.223. The molecule has 94 valence electrons. The van der Waals surface area contributed by atoms with E-state index in [1.807, 2.05) is 6.07 Å². The minimum absolute atomic E-state index is 0.223. The van der Waals surface area contributed by atoms with Crippen LogP contribution in [0.2, 0.25) is 0 Å². The first-order chi connectivity index (χ1) is 8.00. The van der Waals surface area contributed by atoms with Crippen LogP contribution >= 0.6 is 15.9 Å². The van der Waals surface area contributed by atoms with Gasteiger partial charge in [-0.25, -0.2) is 4.39 Å². The molecule has 1 N–H and O–H groups in total. The first-order valence-electron chi connectivity index (χ1n) is 5.90. The summed E-state index contributed by atoms with van der Waals surface area (Å²) in [5, 5.41) is 10.0. The van der Waals surface area contributed by atoms with Crippen LogP contribution in [0.3, 0.4) is 0 Å². The van der Waals surface area contributed by atoms with E-state index in [1.54, 1.807) is 6.07 Å². The Morgan fingerprint density at radius 3 is 2.71 bits per heavy atom. The van der Waals surface area contributed by atoms with E-state index < -0.39 is 5.60 Å². The number of aliphatic hydroxyl groups is 1. The smallest absolute Gasteiger partial charge is 0.124 e. The first-order valence-corrected chi connectivity index (χ1v) is 6.70. The van der Waals surface area contributed by atoms with Gasteiger partial charge in [0, 0.05) is 24.1 Å². The molecule has 0 spiro atoms. The Balaban J connectivity index is 1.91. The van der Waals surface area contributed by atoms with E-state index in [0.29, 0.717) is 19.6 Å². The normalized spacial score (nSPS) is 19.1. The van der Waals surface area contributed by atoms with E-state index in [2.05, 4.69) is 27.8 Å². The van der Waals surface area contributed by atoms with Crippen LogP contribution in [0, 0.1) is 5.82 Å². The first kappa shape index (κ1) is 13.0. The number of rotatable bonds is 4. The van der Waals surface area contributed by atoms with Gasteiger partial charge in [-0.1, -0.05) is 29.3 Å². The van der Waals surface area contributed by atoms with Gasteiger partial charge in [-0.15, -0.1) is 0 Å². The molecule has 0 aliphatic carbocycles. The SMILES string of the molecule is CCCC1(O)CN(Cc2cc(F)cc(Br)c2)C1. The average Bonchev–Trinajstić information content (AvgIpc) is 2.13. The fourth-order valence-electron chi connectivity index (χ4n) is 2.48. The molecule has 1 aliphatic rings. The highest BCUT2D eigenvalue weighted by molar-refractivity contribution is 9.10. The van der Waals surface area contributed by atoms with E-state index in [9.17, 15) is 9.50 Å². The Labute approximate surface area is 110 Å². The lowest BCUT2D eigenvalue weighted by molar-refractivity contribution is -0.106. The van der Waals surface area contributed by atoms with Gasteiger partial charge in [0.2, 0.25) is 0 Å². The molecule has 0 unspecified atom stereocenters. The van der Waals surface area contributed by atoms with E-state index in [1.165, 1.54) is 6.07 Å². The fourth-order valence-corrected chi connectivity index (χ4v) is 2.99. The van der Waals surface area contributed by atoms with Gasteiger partial charge in [0.25, 0.3) is 0 Å². The third-order valence-corrected chi connectivity index (χ3v) is 3.54. The molecular formula is C13H17BrFNO. The topological polar surface area (TPSA) is 23.5 Å². The van der Waals surface area contributed by atoms with Crippen LogP contribution in [0.5, 0.6) is 0 Å². The quantitative estimate of drug-likeness (QED) is 0.924. The van der Waals surface area contributed by atoms with Crippen molar-refractivity contribution >= 4 is 15.9 Å². The summed E-state index contributed by atoms with van der Waals surface area (Å²) >= 11 is 3.28. The molecule has 0 aromatic heterocycles. The zero-order chi connectivity index (χ0) is 12.5. The Bertz CT molecular complexity index is 384. The van der Waals surface area contributed by atoms with Gasteiger partial charge in [-0.05, 0) is 30.2 Å². The van der Waals surface area contributed by atoms with Gasteiger partial charge in [-0.2, -0.15) is 0 Å². The highest BCUT2D eigenvalue weighted by atomic mass is 79.9. The predicted octanol–water partition coefficient (Wildman–Crippen LogP) is 2.94. The maximum atomic E-state index is 13.2. The van der Waals surface area contributed by atoms with Crippen LogP contribution in [-0.2, 0) is 6.54 Å². The molecule has 4 heteroatoms. The molecule has 0 saturated carbocycles. The largest absolute Gasteiger partial charge is 0.387 e. The molecule has 2 rings (SSSR count). The minimum atomic E-state index is -0.515. The van der Waals surface area contributed by atoms with E-state index >= 15 is 0 Å². The molecule has 1 aromatic carbocycles. The Hall–Kier alpha value is -0.450. The van der Waals surface area contributed by atoms with Crippen LogP contribution in [-0.4, -0.2) is 28.7 Å². The van der Waals surface area contributed by atoms with Crippen molar-refractivity contribution in [3.8, 4) is 0 Å². The zero-order valence-corrected chi connectivity index (χ0v) is 11.5. The lowest BCUT2D eigenvalue weighted by Crippen LogP contribution is -2.60. The van der Waals surface area contributed by atoms with Gasteiger partial charge in [0.15, 0.2) is 0 Å². The number of nitrogens with zero attached hydrogens (tertiary/aromatic N) is 1. The maximum absolute atomic E-state index is 13.2. The van der Waals surface area contributed by atoms with Gasteiger partial charge in [0.05, 0.1) is 5.60 Å². The average molecular weight is 302 g/mol. The van der Waals surface area contributed by atoms with Crippen LogP contribution in [0.25, 0.3) is 0 Å². The molecule has 1 heterocycles. The van der Waals surface area contributed by atoms with Crippen molar-refractivity contribution < 1.29 is 9.50 Å². The molecule has 1 fully saturated rings. The second-order valence-electron chi connectivity index (χ2n) is 4.90. The number of hydrogen-bond donors (Lipinski definition) is 1. The number of likely N-dealkylation sites (tertiary alicyclic amines) is 1. The monoisotopic (exact) mass is 301 g/mol. The minimum Gasteiger partial charge on any atom is -0.387 e. The molecule has 0 bridgehead atoms. The summed E-state index contributed by atoms with van der Waals surface area (Å²) in [6, 6.07) is 4.91. The third kappa shape index (κ3) is 3.27. The summed E-state index contributed by atoms with van der Waals surface area (Å²) in [6.07, 6.45) is 1.84. The molecule has 17 heavy (non-hydrogen) atoms. The van der Waals surface area contributed by atoms with Crippen molar-refractivity contribution in [2.45, 2.75) is 31.9 Å². The van der Waals surface area contributed by atoms with E-state index in [-0.39, 0.29) is 5.82 Å². The number of halogens is 2. The zero-order valence-electron chi connectivity index (χ0n) is 9.92. The molecule has 1 aromatic rings.